The molecule has 1 radical (unpaired) electrons. The quantitative estimate of drug-likeness (QED) is 0.470. The highest BCUT2D eigenvalue weighted by atomic mass is 14.5. The zero-order valence-electron chi connectivity index (χ0n) is 5.31. The van der Waals surface area contributed by atoms with E-state index < -0.39 is 0 Å². The van der Waals surface area contributed by atoms with Gasteiger partial charge in [0.25, 0.3) is 0 Å². The summed E-state index contributed by atoms with van der Waals surface area (Å²) in [5.74, 6) is 2.90. The van der Waals surface area contributed by atoms with Crippen molar-refractivity contribution in [1.29, 1.82) is 0 Å². The molecule has 0 bridgehead atoms. The summed E-state index contributed by atoms with van der Waals surface area (Å²) in [6.45, 7) is 6.79. The second-order valence-electron chi connectivity index (χ2n) is 2.63. The van der Waals surface area contributed by atoms with Gasteiger partial charge in [-0.3, -0.25) is 0 Å². The fourth-order valence-corrected chi connectivity index (χ4v) is 1.31. The van der Waals surface area contributed by atoms with Crippen molar-refractivity contribution in [3.05, 3.63) is 6.42 Å². The molecule has 1 rings (SSSR count). The van der Waals surface area contributed by atoms with Gasteiger partial charge in [0.2, 0.25) is 0 Å². The lowest BCUT2D eigenvalue weighted by atomic mass is 10.3. The molecule has 41 valence electrons. The fourth-order valence-electron chi connectivity index (χ4n) is 1.31. The Balaban J connectivity index is 2.24. The number of hydrogen-bond acceptors (Lipinski definition) is 0. The van der Waals surface area contributed by atoms with Gasteiger partial charge in [-0.1, -0.05) is 20.8 Å². The van der Waals surface area contributed by atoms with Crippen LogP contribution >= 0.6 is 0 Å². The molecule has 0 heteroatoms. The molecule has 0 nitrogen and oxygen atoms in total. The highest BCUT2D eigenvalue weighted by molar-refractivity contribution is 4.97. The summed E-state index contributed by atoms with van der Waals surface area (Å²) in [5, 5.41) is 0. The van der Waals surface area contributed by atoms with Gasteiger partial charge >= 0.3 is 0 Å². The molecule has 1 saturated carbocycles. The molecule has 0 aliphatic heterocycles. The third-order valence-corrected chi connectivity index (χ3v) is 2.29. The van der Waals surface area contributed by atoms with E-state index in [9.17, 15) is 0 Å². The summed E-state index contributed by atoms with van der Waals surface area (Å²) >= 11 is 0. The van der Waals surface area contributed by atoms with Gasteiger partial charge in [0.1, 0.15) is 0 Å². The van der Waals surface area contributed by atoms with Gasteiger partial charge in [-0.2, -0.15) is 0 Å². The molecule has 0 saturated heterocycles. The van der Waals surface area contributed by atoms with Crippen molar-refractivity contribution < 1.29 is 0 Å². The maximum atomic E-state index is 2.31. The van der Waals surface area contributed by atoms with E-state index in [2.05, 4.69) is 27.2 Å². The Morgan fingerprint density at radius 3 is 1.57 bits per heavy atom. The van der Waals surface area contributed by atoms with Gasteiger partial charge in [0.15, 0.2) is 0 Å². The molecular weight excluding hydrogens is 84.1 g/mol. The van der Waals surface area contributed by atoms with Gasteiger partial charge < -0.3 is 0 Å². The van der Waals surface area contributed by atoms with Gasteiger partial charge in [-0.05, 0) is 24.2 Å². The van der Waals surface area contributed by atoms with E-state index in [0.717, 1.165) is 17.8 Å². The van der Waals surface area contributed by atoms with Crippen LogP contribution in [0.5, 0.6) is 0 Å². The molecule has 0 aromatic carbocycles. The SMILES string of the molecule is C[CH]C1C(C)C1C. The summed E-state index contributed by atoms with van der Waals surface area (Å²) in [4.78, 5) is 0. The lowest BCUT2D eigenvalue weighted by Crippen LogP contribution is -1.71. The molecule has 0 aromatic heterocycles. The van der Waals surface area contributed by atoms with Crippen molar-refractivity contribution in [2.45, 2.75) is 20.8 Å². The maximum Gasteiger partial charge on any atom is -0.0329 e. The van der Waals surface area contributed by atoms with Crippen LogP contribution < -0.4 is 0 Å². The molecule has 0 heterocycles. The molecule has 0 N–H and O–H groups in total. The van der Waals surface area contributed by atoms with E-state index in [4.69, 9.17) is 0 Å². The van der Waals surface area contributed by atoms with Crippen LogP contribution in [-0.4, -0.2) is 0 Å². The molecule has 2 unspecified atom stereocenters. The first kappa shape index (κ1) is 5.14. The standard InChI is InChI=1S/C7H13/c1-4-7-5(2)6(7)3/h4-7H,1-3H3. The summed E-state index contributed by atoms with van der Waals surface area (Å²) in [5.41, 5.74) is 0. The van der Waals surface area contributed by atoms with Crippen LogP contribution in [0.25, 0.3) is 0 Å². The number of rotatable bonds is 1. The molecule has 2 atom stereocenters. The van der Waals surface area contributed by atoms with E-state index in [1.807, 2.05) is 0 Å². The highest BCUT2D eigenvalue weighted by Gasteiger charge is 2.40. The van der Waals surface area contributed by atoms with E-state index in [1.165, 1.54) is 0 Å². The Morgan fingerprint density at radius 2 is 1.57 bits per heavy atom. The molecule has 7 heavy (non-hydrogen) atoms. The third kappa shape index (κ3) is 0.667. The van der Waals surface area contributed by atoms with E-state index in [-0.39, 0.29) is 0 Å². The minimum atomic E-state index is 0.944. The van der Waals surface area contributed by atoms with Crippen molar-refractivity contribution >= 4 is 0 Å². The predicted molar refractivity (Wildman–Crippen MR) is 31.8 cm³/mol. The normalized spacial score (nSPS) is 49.3. The third-order valence-electron chi connectivity index (χ3n) is 2.29. The van der Waals surface area contributed by atoms with Crippen LogP contribution in [0, 0.1) is 24.2 Å². The van der Waals surface area contributed by atoms with Gasteiger partial charge in [-0.15, -0.1) is 0 Å². The summed E-state index contributed by atoms with van der Waals surface area (Å²) < 4.78 is 0. The topological polar surface area (TPSA) is 0 Å². The molecule has 1 fully saturated rings. The van der Waals surface area contributed by atoms with Crippen LogP contribution in [0.3, 0.4) is 0 Å². The highest BCUT2D eigenvalue weighted by Crippen LogP contribution is 2.46. The maximum absolute atomic E-state index is 2.31. The van der Waals surface area contributed by atoms with E-state index in [0.29, 0.717) is 0 Å². The average Bonchev–Trinajstić information content (AvgIpc) is 2.17. The smallest absolute Gasteiger partial charge is 0.0329 e. The predicted octanol–water partition coefficient (Wildman–Crippen LogP) is 2.11. The van der Waals surface area contributed by atoms with Crippen molar-refractivity contribution in [3.8, 4) is 0 Å². The monoisotopic (exact) mass is 97.1 g/mol. The molecule has 1 aliphatic rings. The molecule has 0 amide bonds. The molecule has 0 aromatic rings. The Kier molecular flexibility index (Phi) is 1.10. The molecule has 1 aliphatic carbocycles. The summed E-state index contributed by atoms with van der Waals surface area (Å²) in [6.07, 6.45) is 2.31. The van der Waals surface area contributed by atoms with Gasteiger partial charge in [0, 0.05) is 0 Å². The average molecular weight is 97.2 g/mol. The lowest BCUT2D eigenvalue weighted by Gasteiger charge is -1.80. The zero-order chi connectivity index (χ0) is 5.44. The minimum Gasteiger partial charge on any atom is -0.0620 e. The Morgan fingerprint density at radius 1 is 1.14 bits per heavy atom. The van der Waals surface area contributed by atoms with E-state index in [1.54, 1.807) is 0 Å². The van der Waals surface area contributed by atoms with Crippen LogP contribution in [0.4, 0.5) is 0 Å². The van der Waals surface area contributed by atoms with Crippen molar-refractivity contribution in [2.75, 3.05) is 0 Å². The van der Waals surface area contributed by atoms with Gasteiger partial charge in [0.05, 0.1) is 0 Å². The largest absolute Gasteiger partial charge is 0.0620 e. The Hall–Kier alpha value is 0. The lowest BCUT2D eigenvalue weighted by molar-refractivity contribution is 0.834. The van der Waals surface area contributed by atoms with Crippen molar-refractivity contribution in [3.63, 3.8) is 0 Å². The summed E-state index contributed by atoms with van der Waals surface area (Å²) in [7, 11) is 0. The van der Waals surface area contributed by atoms with E-state index >= 15 is 0 Å². The second-order valence-corrected chi connectivity index (χ2v) is 2.63. The van der Waals surface area contributed by atoms with Crippen molar-refractivity contribution in [1.82, 2.24) is 0 Å². The van der Waals surface area contributed by atoms with Crippen LogP contribution in [0.15, 0.2) is 0 Å². The number of hydrogen-bond donors (Lipinski definition) is 0. The Bertz CT molecular complexity index is 58.4. The van der Waals surface area contributed by atoms with Crippen LogP contribution in [-0.2, 0) is 0 Å². The first-order valence-electron chi connectivity index (χ1n) is 3.07. The van der Waals surface area contributed by atoms with Crippen LogP contribution in [0.2, 0.25) is 0 Å². The zero-order valence-corrected chi connectivity index (χ0v) is 5.31. The van der Waals surface area contributed by atoms with Crippen LogP contribution in [0.1, 0.15) is 20.8 Å². The fraction of sp³-hybridized carbons (Fsp3) is 0.857. The summed E-state index contributed by atoms with van der Waals surface area (Å²) in [6, 6.07) is 0. The second kappa shape index (κ2) is 1.50. The Labute approximate surface area is 45.9 Å². The van der Waals surface area contributed by atoms with Gasteiger partial charge in [-0.25, -0.2) is 0 Å². The first-order chi connectivity index (χ1) is 3.27. The molecular formula is C7H13. The van der Waals surface area contributed by atoms with Crippen molar-refractivity contribution in [2.24, 2.45) is 17.8 Å². The minimum absolute atomic E-state index is 0.944. The molecule has 0 spiro atoms. The first-order valence-corrected chi connectivity index (χ1v) is 3.07.